The van der Waals surface area contributed by atoms with E-state index < -0.39 is 71.6 Å². The molecule has 35 heavy (non-hydrogen) atoms. The highest BCUT2D eigenvalue weighted by molar-refractivity contribution is 5.78. The second kappa shape index (κ2) is 9.99. The van der Waals surface area contributed by atoms with Crippen molar-refractivity contribution in [2.24, 2.45) is 0 Å². The predicted molar refractivity (Wildman–Crippen MR) is 118 cm³/mol. The summed E-state index contributed by atoms with van der Waals surface area (Å²) < 4.78 is 17.8. The first-order valence-corrected chi connectivity index (χ1v) is 11.4. The molecule has 10 atom stereocenters. The van der Waals surface area contributed by atoms with E-state index in [1.54, 1.807) is 21.0 Å². The maximum absolute atomic E-state index is 12.8. The highest BCUT2D eigenvalue weighted by Gasteiger charge is 2.63. The molecule has 6 N–H and O–H groups in total. The molecule has 1 amide bonds. The Kier molecular flexibility index (Phi) is 7.36. The van der Waals surface area contributed by atoms with Gasteiger partial charge in [-0.15, -0.1) is 0 Å². The van der Waals surface area contributed by atoms with Gasteiger partial charge in [-0.25, -0.2) is 0 Å². The molecule has 3 unspecified atom stereocenters. The zero-order chi connectivity index (χ0) is 25.5. The number of fused-ring (bicyclic) bond motifs is 2. The molecule has 3 aliphatic rings. The third-order valence-electron chi connectivity index (χ3n) is 6.85. The van der Waals surface area contributed by atoms with Crippen LogP contribution in [0.25, 0.3) is 0 Å². The Labute approximate surface area is 201 Å². The Morgan fingerprint density at radius 1 is 1.20 bits per heavy atom. The van der Waals surface area contributed by atoms with Gasteiger partial charge in [0.1, 0.15) is 24.5 Å². The Hall–Kier alpha value is -2.30. The SMILES string of the molecule is CN[C@@H]1[C@H](O)[C@H](NC)C2O[C@]3(O)C(OC2[C@@H]1O)O[C@H](C)C[C@H]3NC(=O)Cc1ccc([N+](=O)[O-])cn1. The molecule has 1 aromatic rings. The van der Waals surface area contributed by atoms with Crippen LogP contribution in [0, 0.1) is 10.1 Å². The van der Waals surface area contributed by atoms with E-state index in [0.717, 1.165) is 6.20 Å². The van der Waals surface area contributed by atoms with Gasteiger partial charge in [0.2, 0.25) is 18.0 Å². The van der Waals surface area contributed by atoms with Gasteiger partial charge in [0.05, 0.1) is 47.4 Å². The van der Waals surface area contributed by atoms with Crippen molar-refractivity contribution in [1.29, 1.82) is 0 Å². The Morgan fingerprint density at radius 3 is 2.51 bits per heavy atom. The van der Waals surface area contributed by atoms with Gasteiger partial charge in [0.25, 0.3) is 5.69 Å². The quantitative estimate of drug-likeness (QED) is 0.179. The van der Waals surface area contributed by atoms with Gasteiger partial charge in [0.15, 0.2) is 0 Å². The lowest BCUT2D eigenvalue weighted by atomic mass is 9.79. The average Bonchev–Trinajstić information content (AvgIpc) is 2.80. The van der Waals surface area contributed by atoms with Gasteiger partial charge in [-0.2, -0.15) is 0 Å². The first kappa shape index (κ1) is 25.8. The van der Waals surface area contributed by atoms with E-state index in [1.165, 1.54) is 12.1 Å². The van der Waals surface area contributed by atoms with Crippen molar-refractivity contribution in [1.82, 2.24) is 20.9 Å². The number of hydrogen-bond acceptors (Lipinski definition) is 12. The smallest absolute Gasteiger partial charge is 0.287 e. The molecular weight excluding hydrogens is 466 g/mol. The number of nitro groups is 1. The second-order valence-corrected chi connectivity index (χ2v) is 9.12. The van der Waals surface area contributed by atoms with Gasteiger partial charge in [-0.05, 0) is 33.5 Å². The summed E-state index contributed by atoms with van der Waals surface area (Å²) >= 11 is 0. The van der Waals surface area contributed by atoms with Crippen LogP contribution in [0.5, 0.6) is 0 Å². The van der Waals surface area contributed by atoms with E-state index >= 15 is 0 Å². The third-order valence-corrected chi connectivity index (χ3v) is 6.85. The van der Waals surface area contributed by atoms with Crippen LogP contribution >= 0.6 is 0 Å². The highest BCUT2D eigenvalue weighted by Crippen LogP contribution is 2.42. The number of ether oxygens (including phenoxy) is 3. The molecule has 0 radical (unpaired) electrons. The van der Waals surface area contributed by atoms with Crippen molar-refractivity contribution >= 4 is 11.6 Å². The molecule has 0 aromatic carbocycles. The van der Waals surface area contributed by atoms with Gasteiger partial charge >= 0.3 is 0 Å². The van der Waals surface area contributed by atoms with Gasteiger partial charge in [-0.3, -0.25) is 19.9 Å². The lowest BCUT2D eigenvalue weighted by Crippen LogP contribution is -2.79. The zero-order valence-corrected chi connectivity index (χ0v) is 19.5. The van der Waals surface area contributed by atoms with Crippen molar-refractivity contribution in [2.75, 3.05) is 14.1 Å². The number of aromatic nitrogens is 1. The van der Waals surface area contributed by atoms with Gasteiger partial charge in [0, 0.05) is 6.07 Å². The summed E-state index contributed by atoms with van der Waals surface area (Å²) in [5.41, 5.74) is 0.118. The summed E-state index contributed by atoms with van der Waals surface area (Å²) in [7, 11) is 3.22. The van der Waals surface area contributed by atoms with E-state index in [1.807, 2.05) is 0 Å². The fourth-order valence-corrected chi connectivity index (χ4v) is 5.06. The molecular formula is C21H31N5O9. The summed E-state index contributed by atoms with van der Waals surface area (Å²) in [6.45, 7) is 1.75. The monoisotopic (exact) mass is 497 g/mol. The lowest BCUT2D eigenvalue weighted by Gasteiger charge is -2.58. The molecule has 2 saturated heterocycles. The summed E-state index contributed by atoms with van der Waals surface area (Å²) in [6.07, 6.45) is -4.75. The minimum Gasteiger partial charge on any atom is -0.390 e. The fraction of sp³-hybridized carbons (Fsp3) is 0.714. The first-order chi connectivity index (χ1) is 16.6. The van der Waals surface area contributed by atoms with E-state index in [-0.39, 0.29) is 18.5 Å². The normalized spacial score (nSPS) is 40.9. The molecule has 4 rings (SSSR count). The maximum Gasteiger partial charge on any atom is 0.287 e. The van der Waals surface area contributed by atoms with E-state index in [2.05, 4.69) is 20.9 Å². The molecule has 3 fully saturated rings. The number of rotatable bonds is 6. The number of aliphatic hydroxyl groups excluding tert-OH is 2. The van der Waals surface area contributed by atoms with Crippen LogP contribution in [-0.2, 0) is 25.4 Å². The molecule has 14 nitrogen and oxygen atoms in total. The second-order valence-electron chi connectivity index (χ2n) is 9.12. The van der Waals surface area contributed by atoms with Crippen molar-refractivity contribution in [3.05, 3.63) is 34.1 Å². The van der Waals surface area contributed by atoms with Crippen molar-refractivity contribution in [3.8, 4) is 0 Å². The number of nitrogens with one attached hydrogen (secondary N) is 3. The van der Waals surface area contributed by atoms with E-state index in [9.17, 15) is 30.2 Å². The number of likely N-dealkylation sites (N-methyl/N-ethyl adjacent to an activating group) is 2. The van der Waals surface area contributed by atoms with Crippen molar-refractivity contribution in [3.63, 3.8) is 0 Å². The molecule has 1 aliphatic carbocycles. The van der Waals surface area contributed by atoms with Crippen molar-refractivity contribution in [2.45, 2.75) is 80.5 Å². The Morgan fingerprint density at radius 2 is 1.91 bits per heavy atom. The van der Waals surface area contributed by atoms with Gasteiger partial charge < -0.3 is 45.5 Å². The largest absolute Gasteiger partial charge is 0.390 e. The number of carbonyl (C=O) groups is 1. The van der Waals surface area contributed by atoms with Crippen LogP contribution in [0.3, 0.4) is 0 Å². The summed E-state index contributed by atoms with van der Waals surface area (Å²) in [5, 5.41) is 52.5. The fourth-order valence-electron chi connectivity index (χ4n) is 5.06. The van der Waals surface area contributed by atoms with Crippen LogP contribution < -0.4 is 16.0 Å². The number of carbonyl (C=O) groups excluding carboxylic acids is 1. The first-order valence-electron chi connectivity index (χ1n) is 11.4. The standard InChI is InChI=1S/C21H31N5O9/c1-9-6-12(25-13(27)7-10-4-5-11(8-24-10)26(31)32)21(30)20(33-9)34-19-17(29)14(22-2)16(28)15(23-3)18(19)35-21/h4-5,8-9,12,14-20,22-23,28-30H,6-7H2,1-3H3,(H,25,27)/t9-,12-,14-,15+,16+,17-,18?,19?,20?,21+/m1/s1. The van der Waals surface area contributed by atoms with Crippen LogP contribution in [-0.4, -0.2) is 106 Å². The molecule has 14 heteroatoms. The van der Waals surface area contributed by atoms with E-state index in [4.69, 9.17) is 14.2 Å². The number of amides is 1. The Balaban J connectivity index is 1.52. The Bertz CT molecular complexity index is 936. The van der Waals surface area contributed by atoms with E-state index in [0.29, 0.717) is 5.69 Å². The summed E-state index contributed by atoms with van der Waals surface area (Å²) in [6, 6.07) is 0.272. The maximum atomic E-state index is 12.8. The minimum absolute atomic E-state index is 0.183. The van der Waals surface area contributed by atoms with Crippen molar-refractivity contribution < 1.29 is 39.2 Å². The average molecular weight is 498 g/mol. The molecule has 1 saturated carbocycles. The summed E-state index contributed by atoms with van der Waals surface area (Å²) in [5.74, 6) is -2.60. The number of hydrogen-bond donors (Lipinski definition) is 6. The number of aliphatic hydroxyl groups is 3. The topological polar surface area (TPSA) is 198 Å². The third kappa shape index (κ3) is 4.75. The number of nitrogens with zero attached hydrogens (tertiary/aromatic N) is 2. The summed E-state index contributed by atoms with van der Waals surface area (Å²) in [4.78, 5) is 26.9. The van der Waals surface area contributed by atoms with Crippen LogP contribution in [0.2, 0.25) is 0 Å². The molecule has 1 aromatic heterocycles. The molecule has 2 aliphatic heterocycles. The van der Waals surface area contributed by atoms with Crippen LogP contribution in [0.1, 0.15) is 19.0 Å². The number of pyridine rings is 1. The molecule has 0 bridgehead atoms. The van der Waals surface area contributed by atoms with Crippen LogP contribution in [0.15, 0.2) is 18.3 Å². The minimum atomic E-state index is -2.10. The zero-order valence-electron chi connectivity index (χ0n) is 19.5. The lowest BCUT2D eigenvalue weighted by molar-refractivity contribution is -0.449. The predicted octanol–water partition coefficient (Wildman–Crippen LogP) is -2.46. The molecule has 3 heterocycles. The molecule has 194 valence electrons. The highest BCUT2D eigenvalue weighted by atomic mass is 16.8. The molecule has 0 spiro atoms. The van der Waals surface area contributed by atoms with Crippen LogP contribution in [0.4, 0.5) is 5.69 Å². The van der Waals surface area contributed by atoms with Gasteiger partial charge in [-0.1, -0.05) is 0 Å².